The standard InChI is InChI=1S/C23H23N5O2/c29-22(18-3-2-12-24-15-18)16-25-13-10-17-6-8-19(9-7-17)27-23(30)21-5-1-4-20-11-14-26-28(20)21/h1-9,11-12,14-15,22,25,29H,10,13,16H2,(H,27,30)/t22-/m0/s1. The number of hydrogen-bond donors (Lipinski definition) is 3. The number of nitrogens with one attached hydrogen (secondary N) is 2. The van der Waals surface area contributed by atoms with Gasteiger partial charge in [0, 0.05) is 30.2 Å². The van der Waals surface area contributed by atoms with Gasteiger partial charge in [-0.15, -0.1) is 0 Å². The van der Waals surface area contributed by atoms with Gasteiger partial charge in [-0.05, 0) is 54.9 Å². The lowest BCUT2D eigenvalue weighted by molar-refractivity contribution is 0.102. The van der Waals surface area contributed by atoms with Crippen molar-refractivity contribution < 1.29 is 9.90 Å². The van der Waals surface area contributed by atoms with Crippen molar-refractivity contribution in [2.45, 2.75) is 12.5 Å². The number of aliphatic hydroxyl groups is 1. The lowest BCUT2D eigenvalue weighted by Gasteiger charge is -2.12. The Balaban J connectivity index is 1.27. The molecule has 0 unspecified atom stereocenters. The monoisotopic (exact) mass is 401 g/mol. The number of amides is 1. The Bertz CT molecular complexity index is 1110. The summed E-state index contributed by atoms with van der Waals surface area (Å²) in [6.07, 6.45) is 5.28. The van der Waals surface area contributed by atoms with Gasteiger partial charge in [-0.3, -0.25) is 9.78 Å². The van der Waals surface area contributed by atoms with E-state index in [1.54, 1.807) is 29.2 Å². The zero-order valence-corrected chi connectivity index (χ0v) is 16.4. The van der Waals surface area contributed by atoms with Crippen molar-refractivity contribution in [2.75, 3.05) is 18.4 Å². The highest BCUT2D eigenvalue weighted by atomic mass is 16.3. The van der Waals surface area contributed by atoms with Crippen molar-refractivity contribution in [2.24, 2.45) is 0 Å². The minimum Gasteiger partial charge on any atom is -0.387 e. The van der Waals surface area contributed by atoms with Gasteiger partial charge in [0.25, 0.3) is 5.91 Å². The number of benzene rings is 1. The number of rotatable bonds is 8. The highest BCUT2D eigenvalue weighted by molar-refractivity contribution is 6.03. The van der Waals surface area contributed by atoms with Crippen molar-refractivity contribution in [1.29, 1.82) is 0 Å². The fraction of sp³-hybridized carbons (Fsp3) is 0.174. The average molecular weight is 401 g/mol. The van der Waals surface area contributed by atoms with E-state index in [1.165, 1.54) is 0 Å². The van der Waals surface area contributed by atoms with Crippen LogP contribution in [0.4, 0.5) is 5.69 Å². The first-order valence-electron chi connectivity index (χ1n) is 9.82. The van der Waals surface area contributed by atoms with Crippen LogP contribution in [0.2, 0.25) is 0 Å². The summed E-state index contributed by atoms with van der Waals surface area (Å²) >= 11 is 0. The van der Waals surface area contributed by atoms with E-state index < -0.39 is 6.10 Å². The molecule has 0 fully saturated rings. The molecule has 7 heteroatoms. The minimum absolute atomic E-state index is 0.205. The molecule has 3 heterocycles. The summed E-state index contributed by atoms with van der Waals surface area (Å²) in [7, 11) is 0. The normalized spacial score (nSPS) is 12.0. The summed E-state index contributed by atoms with van der Waals surface area (Å²) in [5, 5.41) is 20.5. The van der Waals surface area contributed by atoms with Gasteiger partial charge in [0.1, 0.15) is 5.69 Å². The molecular weight excluding hydrogens is 378 g/mol. The summed E-state index contributed by atoms with van der Waals surface area (Å²) < 4.78 is 1.62. The van der Waals surface area contributed by atoms with Crippen LogP contribution in [0.1, 0.15) is 27.7 Å². The predicted molar refractivity (Wildman–Crippen MR) is 115 cm³/mol. The van der Waals surface area contributed by atoms with Gasteiger partial charge in [0.2, 0.25) is 0 Å². The number of nitrogens with zero attached hydrogens (tertiary/aromatic N) is 3. The van der Waals surface area contributed by atoms with Gasteiger partial charge in [-0.25, -0.2) is 4.52 Å². The van der Waals surface area contributed by atoms with Crippen LogP contribution in [0.25, 0.3) is 5.52 Å². The average Bonchev–Trinajstić information content (AvgIpc) is 3.27. The number of carbonyl (C=O) groups is 1. The molecule has 0 spiro atoms. The maximum atomic E-state index is 12.6. The van der Waals surface area contributed by atoms with Gasteiger partial charge in [-0.1, -0.05) is 24.3 Å². The number of aromatic nitrogens is 3. The molecule has 3 aromatic heterocycles. The van der Waals surface area contributed by atoms with Crippen molar-refractivity contribution in [1.82, 2.24) is 19.9 Å². The summed E-state index contributed by atoms with van der Waals surface area (Å²) in [6.45, 7) is 1.21. The van der Waals surface area contributed by atoms with Crippen LogP contribution in [0.5, 0.6) is 0 Å². The largest absolute Gasteiger partial charge is 0.387 e. The van der Waals surface area contributed by atoms with Crippen LogP contribution in [0, 0.1) is 0 Å². The molecule has 152 valence electrons. The van der Waals surface area contributed by atoms with Crippen molar-refractivity contribution >= 4 is 17.1 Å². The molecule has 0 saturated carbocycles. The van der Waals surface area contributed by atoms with E-state index in [0.29, 0.717) is 12.2 Å². The Labute approximate surface area is 174 Å². The van der Waals surface area contributed by atoms with Gasteiger partial charge < -0.3 is 15.7 Å². The molecule has 4 rings (SSSR count). The van der Waals surface area contributed by atoms with E-state index in [9.17, 15) is 9.90 Å². The lowest BCUT2D eigenvalue weighted by atomic mass is 10.1. The highest BCUT2D eigenvalue weighted by Crippen LogP contribution is 2.13. The maximum Gasteiger partial charge on any atom is 0.274 e. The van der Waals surface area contributed by atoms with Gasteiger partial charge in [-0.2, -0.15) is 5.10 Å². The molecule has 0 aliphatic heterocycles. The zero-order chi connectivity index (χ0) is 20.8. The molecule has 0 aliphatic carbocycles. The van der Waals surface area contributed by atoms with Crippen LogP contribution in [0.15, 0.2) is 79.3 Å². The Morgan fingerprint density at radius 2 is 1.90 bits per heavy atom. The Kier molecular flexibility index (Phi) is 6.12. The smallest absolute Gasteiger partial charge is 0.274 e. The first-order valence-corrected chi connectivity index (χ1v) is 9.82. The zero-order valence-electron chi connectivity index (χ0n) is 16.4. The first-order chi connectivity index (χ1) is 14.7. The fourth-order valence-electron chi connectivity index (χ4n) is 3.23. The number of pyridine rings is 2. The minimum atomic E-state index is -0.574. The Hall–Kier alpha value is -3.55. The molecule has 7 nitrogen and oxygen atoms in total. The van der Waals surface area contributed by atoms with E-state index in [2.05, 4.69) is 20.7 Å². The van der Waals surface area contributed by atoms with E-state index in [-0.39, 0.29) is 5.91 Å². The van der Waals surface area contributed by atoms with Crippen LogP contribution in [0.3, 0.4) is 0 Å². The quantitative estimate of drug-likeness (QED) is 0.395. The number of aliphatic hydroxyl groups excluding tert-OH is 1. The number of hydrogen-bond acceptors (Lipinski definition) is 5. The number of carbonyl (C=O) groups excluding carboxylic acids is 1. The summed E-state index contributed by atoms with van der Waals surface area (Å²) in [5.41, 5.74) is 4.03. The fourth-order valence-corrected chi connectivity index (χ4v) is 3.23. The molecule has 1 atom stereocenters. The van der Waals surface area contributed by atoms with Crippen LogP contribution in [-0.2, 0) is 6.42 Å². The van der Waals surface area contributed by atoms with E-state index in [1.807, 2.05) is 54.6 Å². The maximum absolute atomic E-state index is 12.6. The third kappa shape index (κ3) is 4.71. The second-order valence-corrected chi connectivity index (χ2v) is 6.99. The molecule has 0 saturated heterocycles. The van der Waals surface area contributed by atoms with Gasteiger partial charge >= 0.3 is 0 Å². The lowest BCUT2D eigenvalue weighted by Crippen LogP contribution is -2.23. The van der Waals surface area contributed by atoms with E-state index in [0.717, 1.165) is 35.3 Å². The Morgan fingerprint density at radius 1 is 1.03 bits per heavy atom. The van der Waals surface area contributed by atoms with Crippen LogP contribution in [-0.4, -0.2) is 38.7 Å². The third-order valence-corrected chi connectivity index (χ3v) is 4.86. The first kappa shape index (κ1) is 19.8. The predicted octanol–water partition coefficient (Wildman–Crippen LogP) is 2.85. The van der Waals surface area contributed by atoms with Crippen LogP contribution >= 0.6 is 0 Å². The molecular formula is C23H23N5O2. The molecule has 0 bridgehead atoms. The van der Waals surface area contributed by atoms with E-state index >= 15 is 0 Å². The summed E-state index contributed by atoms with van der Waals surface area (Å²) in [5.74, 6) is -0.205. The van der Waals surface area contributed by atoms with Crippen molar-refractivity contribution in [3.8, 4) is 0 Å². The molecule has 4 aromatic rings. The SMILES string of the molecule is O=C(Nc1ccc(CCNC[C@H](O)c2cccnc2)cc1)c1cccc2ccnn12. The highest BCUT2D eigenvalue weighted by Gasteiger charge is 2.11. The van der Waals surface area contributed by atoms with Crippen molar-refractivity contribution in [3.05, 3.63) is 96.1 Å². The topological polar surface area (TPSA) is 91.5 Å². The second-order valence-electron chi connectivity index (χ2n) is 6.99. The molecule has 1 amide bonds. The Morgan fingerprint density at radius 3 is 2.70 bits per heavy atom. The second kappa shape index (κ2) is 9.30. The molecule has 1 aromatic carbocycles. The molecule has 0 radical (unpaired) electrons. The third-order valence-electron chi connectivity index (χ3n) is 4.86. The van der Waals surface area contributed by atoms with Gasteiger partial charge in [0.05, 0.1) is 17.8 Å². The van der Waals surface area contributed by atoms with Crippen LogP contribution < -0.4 is 10.6 Å². The summed E-state index contributed by atoms with van der Waals surface area (Å²) in [4.78, 5) is 16.6. The van der Waals surface area contributed by atoms with Gasteiger partial charge in [0.15, 0.2) is 0 Å². The van der Waals surface area contributed by atoms with Crippen molar-refractivity contribution in [3.63, 3.8) is 0 Å². The number of fused-ring (bicyclic) bond motifs is 1. The molecule has 0 aliphatic rings. The molecule has 3 N–H and O–H groups in total. The summed E-state index contributed by atoms with van der Waals surface area (Å²) in [6, 6.07) is 18.8. The number of anilines is 1. The van der Waals surface area contributed by atoms with E-state index in [4.69, 9.17) is 0 Å². The molecule has 30 heavy (non-hydrogen) atoms.